The van der Waals surface area contributed by atoms with Crippen LogP contribution in [0.2, 0.25) is 19.6 Å². The summed E-state index contributed by atoms with van der Waals surface area (Å²) in [5, 5.41) is 17.6. The van der Waals surface area contributed by atoms with Crippen LogP contribution in [-0.2, 0) is 10.7 Å². The van der Waals surface area contributed by atoms with Crippen LogP contribution in [0.3, 0.4) is 0 Å². The van der Waals surface area contributed by atoms with E-state index in [1.807, 2.05) is 60.7 Å². The number of aromatic carboxylic acids is 1. The molecule has 0 aliphatic rings. The number of halogens is 2. The Hall–Kier alpha value is -2.48. The number of carbonyl (C=O) groups excluding carboxylic acids is 1. The first-order valence-corrected chi connectivity index (χ1v) is 17.3. The summed E-state index contributed by atoms with van der Waals surface area (Å²) in [6.45, 7) is 6.75. The molecule has 0 saturated heterocycles. The minimum Gasteiger partial charge on any atom is -0.478 e. The van der Waals surface area contributed by atoms with Gasteiger partial charge in [0.2, 0.25) is 0 Å². The van der Waals surface area contributed by atoms with Crippen LogP contribution in [0.15, 0.2) is 72.8 Å². The van der Waals surface area contributed by atoms with E-state index in [-0.39, 0.29) is 5.91 Å². The van der Waals surface area contributed by atoms with E-state index in [2.05, 4.69) is 62.9 Å². The molecule has 7 heteroatoms. The van der Waals surface area contributed by atoms with Crippen LogP contribution in [0.1, 0.15) is 31.8 Å². The second-order valence-corrected chi connectivity index (χ2v) is 16.0. The molecule has 0 bridgehead atoms. The van der Waals surface area contributed by atoms with Crippen LogP contribution in [0.5, 0.6) is 0 Å². The number of amides is 1. The second-order valence-electron chi connectivity index (χ2n) is 9.45. The summed E-state index contributed by atoms with van der Waals surface area (Å²) in [4.78, 5) is 23.4. The molecule has 182 valence electrons. The van der Waals surface area contributed by atoms with Gasteiger partial charge in [0.05, 0.1) is 13.6 Å². The molecular formula is C28H29Br2NO3Si. The number of carboxylic acid groups (broad SMARTS) is 1. The lowest BCUT2D eigenvalue weighted by Gasteiger charge is -2.17. The Morgan fingerprint density at radius 2 is 1.14 bits per heavy atom. The zero-order valence-electron chi connectivity index (χ0n) is 20.1. The second kappa shape index (κ2) is 12.0. The van der Waals surface area contributed by atoms with E-state index < -0.39 is 14.0 Å². The standard InChI is InChI=1S/C16H20BrNOSi.C12H9BrO2/c1-20(2,3)11-18-16(19)15-9-8-12(10-17)13-6-4-5-7-14(13)15;13-7-8-5-6-11(12(14)15)10-4-2-1-3-9(8)10/h4-9H,10-11H2,1-3H3,(H,18,19);1-6H,7H2,(H,14,15). The zero-order chi connectivity index (χ0) is 25.6. The molecule has 0 unspecified atom stereocenters. The summed E-state index contributed by atoms with van der Waals surface area (Å²) in [7, 11) is -1.28. The summed E-state index contributed by atoms with van der Waals surface area (Å²) in [5.41, 5.74) is 3.44. The first kappa shape index (κ1) is 27.1. The summed E-state index contributed by atoms with van der Waals surface area (Å²) < 4.78 is 0. The number of benzene rings is 4. The van der Waals surface area contributed by atoms with Crippen molar-refractivity contribution in [2.24, 2.45) is 0 Å². The topological polar surface area (TPSA) is 66.4 Å². The molecule has 35 heavy (non-hydrogen) atoms. The van der Waals surface area contributed by atoms with Crippen LogP contribution in [0.4, 0.5) is 0 Å². The van der Waals surface area contributed by atoms with E-state index in [1.54, 1.807) is 6.07 Å². The number of carboxylic acids is 1. The van der Waals surface area contributed by atoms with Crippen molar-refractivity contribution in [3.63, 3.8) is 0 Å². The average Bonchev–Trinajstić information content (AvgIpc) is 2.85. The van der Waals surface area contributed by atoms with Gasteiger partial charge in [-0.15, -0.1) is 0 Å². The van der Waals surface area contributed by atoms with Crippen LogP contribution in [-0.4, -0.2) is 31.2 Å². The minimum atomic E-state index is -1.28. The highest BCUT2D eigenvalue weighted by Gasteiger charge is 2.17. The molecule has 4 nitrogen and oxygen atoms in total. The van der Waals surface area contributed by atoms with E-state index in [9.17, 15) is 9.59 Å². The lowest BCUT2D eigenvalue weighted by atomic mass is 10.00. The maximum Gasteiger partial charge on any atom is 0.336 e. The van der Waals surface area contributed by atoms with Gasteiger partial charge in [0.15, 0.2) is 0 Å². The van der Waals surface area contributed by atoms with Crippen molar-refractivity contribution in [2.45, 2.75) is 30.3 Å². The van der Waals surface area contributed by atoms with Crippen molar-refractivity contribution < 1.29 is 14.7 Å². The van der Waals surface area contributed by atoms with Crippen LogP contribution < -0.4 is 5.32 Å². The smallest absolute Gasteiger partial charge is 0.336 e. The maximum absolute atomic E-state index is 12.4. The fraction of sp³-hybridized carbons (Fsp3) is 0.214. The Labute approximate surface area is 224 Å². The Morgan fingerprint density at radius 1 is 0.714 bits per heavy atom. The van der Waals surface area contributed by atoms with Crippen LogP contribution in [0.25, 0.3) is 21.5 Å². The third kappa shape index (κ3) is 6.81. The molecule has 0 aromatic heterocycles. The van der Waals surface area contributed by atoms with Gasteiger partial charge in [-0.1, -0.05) is 112 Å². The van der Waals surface area contributed by atoms with E-state index in [4.69, 9.17) is 5.11 Å². The van der Waals surface area contributed by atoms with Gasteiger partial charge in [0.25, 0.3) is 5.91 Å². The Balaban J connectivity index is 0.000000203. The van der Waals surface area contributed by atoms with E-state index in [0.29, 0.717) is 5.56 Å². The zero-order valence-corrected chi connectivity index (χ0v) is 24.2. The number of carbonyl (C=O) groups is 2. The number of hydrogen-bond acceptors (Lipinski definition) is 2. The van der Waals surface area contributed by atoms with Crippen LogP contribution >= 0.6 is 31.9 Å². The normalized spacial score (nSPS) is 11.1. The number of hydrogen-bond donors (Lipinski definition) is 2. The Morgan fingerprint density at radius 3 is 1.57 bits per heavy atom. The van der Waals surface area contributed by atoms with E-state index in [1.165, 1.54) is 5.56 Å². The van der Waals surface area contributed by atoms with Gasteiger partial charge in [0.1, 0.15) is 0 Å². The highest BCUT2D eigenvalue weighted by Crippen LogP contribution is 2.25. The number of alkyl halides is 2. The van der Waals surface area contributed by atoms with Gasteiger partial charge in [0, 0.05) is 22.4 Å². The van der Waals surface area contributed by atoms with Crippen molar-refractivity contribution in [3.05, 3.63) is 95.1 Å². The number of nitrogens with one attached hydrogen (secondary N) is 1. The predicted molar refractivity (Wildman–Crippen MR) is 156 cm³/mol. The molecular weight excluding hydrogens is 586 g/mol. The third-order valence-corrected chi connectivity index (χ3v) is 8.02. The largest absolute Gasteiger partial charge is 0.478 e. The fourth-order valence-corrected chi connectivity index (χ4v) is 5.45. The molecule has 0 aliphatic heterocycles. The van der Waals surface area contributed by atoms with Crippen molar-refractivity contribution >= 4 is 73.4 Å². The first-order chi connectivity index (χ1) is 16.7. The van der Waals surface area contributed by atoms with E-state index >= 15 is 0 Å². The molecule has 0 saturated carbocycles. The summed E-state index contributed by atoms with van der Waals surface area (Å²) in [5.74, 6) is -0.850. The first-order valence-electron chi connectivity index (χ1n) is 11.3. The molecule has 2 N–H and O–H groups in total. The van der Waals surface area contributed by atoms with E-state index in [0.717, 1.165) is 49.5 Å². The van der Waals surface area contributed by atoms with Crippen molar-refractivity contribution in [3.8, 4) is 0 Å². The van der Waals surface area contributed by atoms with Gasteiger partial charge >= 0.3 is 5.97 Å². The fourth-order valence-electron chi connectivity index (χ4n) is 3.78. The minimum absolute atomic E-state index is 0.0322. The Kier molecular flexibility index (Phi) is 9.27. The monoisotopic (exact) mass is 613 g/mol. The third-order valence-electron chi connectivity index (χ3n) is 5.57. The molecule has 0 aliphatic carbocycles. The lowest BCUT2D eigenvalue weighted by molar-refractivity contribution is 0.0698. The highest BCUT2D eigenvalue weighted by atomic mass is 79.9. The van der Waals surface area contributed by atoms with Crippen molar-refractivity contribution in [1.29, 1.82) is 0 Å². The molecule has 4 aromatic rings. The molecule has 0 fully saturated rings. The molecule has 0 radical (unpaired) electrons. The van der Waals surface area contributed by atoms with Crippen molar-refractivity contribution in [2.75, 3.05) is 6.17 Å². The maximum atomic E-state index is 12.4. The summed E-state index contributed by atoms with van der Waals surface area (Å²) >= 11 is 6.89. The number of rotatable bonds is 6. The SMILES string of the molecule is C[Si](C)(C)CNC(=O)c1ccc(CBr)c2ccccc12.O=C(O)c1ccc(CBr)c2ccccc12. The van der Waals surface area contributed by atoms with Gasteiger partial charge in [-0.2, -0.15) is 0 Å². The average molecular weight is 615 g/mol. The highest BCUT2D eigenvalue weighted by molar-refractivity contribution is 9.08. The van der Waals surface area contributed by atoms with Gasteiger partial charge in [-0.25, -0.2) is 4.79 Å². The van der Waals surface area contributed by atoms with Gasteiger partial charge < -0.3 is 10.4 Å². The molecule has 0 heterocycles. The molecule has 4 rings (SSSR count). The Bertz CT molecular complexity index is 1370. The summed E-state index contributed by atoms with van der Waals surface area (Å²) in [6.07, 6.45) is 0.806. The summed E-state index contributed by atoms with van der Waals surface area (Å²) in [6, 6.07) is 23.1. The number of fused-ring (bicyclic) bond motifs is 2. The molecule has 1 amide bonds. The van der Waals surface area contributed by atoms with Gasteiger partial charge in [-0.05, 0) is 44.8 Å². The predicted octanol–water partition coefficient (Wildman–Crippen LogP) is 7.77. The molecule has 0 spiro atoms. The van der Waals surface area contributed by atoms with Crippen LogP contribution in [0, 0.1) is 0 Å². The molecule has 0 atom stereocenters. The van der Waals surface area contributed by atoms with Gasteiger partial charge in [-0.3, -0.25) is 4.79 Å². The molecule has 4 aromatic carbocycles. The quantitative estimate of drug-likeness (QED) is 0.172. The van der Waals surface area contributed by atoms with Crippen molar-refractivity contribution in [1.82, 2.24) is 5.32 Å². The lowest BCUT2D eigenvalue weighted by Crippen LogP contribution is -2.39.